The van der Waals surface area contributed by atoms with Gasteiger partial charge < -0.3 is 0 Å². The van der Waals surface area contributed by atoms with Crippen LogP contribution in [0.1, 0.15) is 59.3 Å². The van der Waals surface area contributed by atoms with E-state index >= 15 is 0 Å². The minimum atomic E-state index is -2.94. The van der Waals surface area contributed by atoms with Gasteiger partial charge in [-0.25, -0.2) is 0 Å². The first kappa shape index (κ1) is 21.2. The molecule has 0 amide bonds. The van der Waals surface area contributed by atoms with E-state index in [9.17, 15) is 10.1 Å². The van der Waals surface area contributed by atoms with Crippen molar-refractivity contribution in [2.24, 2.45) is 0 Å². The molecule has 0 spiro atoms. The molecule has 1 heterocycles. The van der Waals surface area contributed by atoms with Crippen molar-refractivity contribution < 1.29 is 9.66 Å². The van der Waals surface area contributed by atoms with Gasteiger partial charge in [0.1, 0.15) is 0 Å². The molecule has 6 heteroatoms. The van der Waals surface area contributed by atoms with Crippen LogP contribution < -0.4 is 8.45 Å². The first-order valence-electron chi connectivity index (χ1n) is 9.24. The first-order valence-corrected chi connectivity index (χ1v) is 16.7. The maximum absolute atomic E-state index is 11.6. The Morgan fingerprint density at radius 2 is 1.54 bits per heavy atom. The van der Waals surface area contributed by atoms with Gasteiger partial charge in [-0.05, 0) is 0 Å². The van der Waals surface area contributed by atoms with E-state index in [-0.39, 0.29) is 10.6 Å². The average molecular weight is 443 g/mol. The molecule has 0 unspecified atom stereocenters. The Labute approximate surface area is 150 Å². The second-order valence-corrected chi connectivity index (χ2v) is 19.5. The summed E-state index contributed by atoms with van der Waals surface area (Å²) in [6.07, 6.45) is 6.86. The van der Waals surface area contributed by atoms with Crippen LogP contribution in [-0.4, -0.2) is 35.4 Å². The summed E-state index contributed by atoms with van der Waals surface area (Å²) in [6.45, 7) is 6.59. The first-order chi connectivity index (χ1) is 11.5. The number of pyridine rings is 1. The molecule has 0 radical (unpaired) electrons. The number of nitro groups is 1. The number of ether oxygens (including phenoxy) is 1. The number of aromatic nitrogens is 1. The molecule has 0 saturated carbocycles. The summed E-state index contributed by atoms with van der Waals surface area (Å²) in [5.41, 5.74) is 0.231. The van der Waals surface area contributed by atoms with E-state index in [1.165, 1.54) is 0 Å². The van der Waals surface area contributed by atoms with E-state index in [1.807, 2.05) is 0 Å². The van der Waals surface area contributed by atoms with Crippen LogP contribution in [0.25, 0.3) is 0 Å². The molecular weight excluding hydrogens is 411 g/mol. The van der Waals surface area contributed by atoms with Gasteiger partial charge in [0, 0.05) is 0 Å². The quantitative estimate of drug-likeness (QED) is 0.258. The number of hydrogen-bond donors (Lipinski definition) is 0. The van der Waals surface area contributed by atoms with Gasteiger partial charge in [0.15, 0.2) is 0 Å². The Hall–Kier alpha value is -0.851. The topological polar surface area (TPSA) is 65.3 Å². The predicted octanol–water partition coefficient (Wildman–Crippen LogP) is 5.05. The Kier molecular flexibility index (Phi) is 9.62. The minimum absolute atomic E-state index is 0.231. The van der Waals surface area contributed by atoms with Crippen molar-refractivity contribution >= 4 is 27.8 Å². The third-order valence-electron chi connectivity index (χ3n) is 4.78. The van der Waals surface area contributed by atoms with E-state index in [0.717, 1.165) is 55.5 Å². The molecule has 0 fully saturated rings. The molecule has 0 atom stereocenters. The fraction of sp³-hybridized carbons (Fsp3) is 0.722. The van der Waals surface area contributed by atoms with Gasteiger partial charge in [-0.15, -0.1) is 0 Å². The molecule has 1 aromatic rings. The number of methoxy groups -OCH3 is 1. The third-order valence-corrected chi connectivity index (χ3v) is 19.9. The number of hydrogen-bond acceptors (Lipinski definition) is 4. The van der Waals surface area contributed by atoms with Crippen molar-refractivity contribution in [2.45, 2.75) is 72.6 Å². The second kappa shape index (κ2) is 10.9. The average Bonchev–Trinajstić information content (AvgIpc) is 2.60. The summed E-state index contributed by atoms with van der Waals surface area (Å²) in [4.78, 5) is 16.1. The van der Waals surface area contributed by atoms with Gasteiger partial charge >= 0.3 is 150 Å². The van der Waals surface area contributed by atoms with Gasteiger partial charge in [0.2, 0.25) is 0 Å². The van der Waals surface area contributed by atoms with Crippen LogP contribution in [-0.2, 0) is 0 Å². The summed E-state index contributed by atoms with van der Waals surface area (Å²) in [6, 6.07) is 3.23. The number of unbranched alkanes of at least 4 members (excludes halogenated alkanes) is 3. The van der Waals surface area contributed by atoms with Crippen molar-refractivity contribution in [3.05, 3.63) is 22.2 Å². The van der Waals surface area contributed by atoms with Gasteiger partial charge in [0.05, 0.1) is 0 Å². The van der Waals surface area contributed by atoms with Gasteiger partial charge in [-0.1, -0.05) is 0 Å². The fourth-order valence-corrected chi connectivity index (χ4v) is 19.4. The molecule has 0 N–H and O–H groups in total. The summed E-state index contributed by atoms with van der Waals surface area (Å²) >= 11 is -2.94. The third kappa shape index (κ3) is 5.60. The Morgan fingerprint density at radius 1 is 1.04 bits per heavy atom. The number of nitrogens with zero attached hydrogens (tertiary/aromatic N) is 2. The molecule has 0 saturated heterocycles. The molecule has 1 rings (SSSR count). The Balaban J connectivity index is 3.44. The standard InChI is InChI=1S/C6H5N2O3.3C4H9.Sn/c1-11-6-3-2-5(4-7-6)8(9)10;3*1-3-4-2;/h2-3H,1H3;3*1,3-4H2,2H3;. The predicted molar refractivity (Wildman–Crippen MR) is 102 cm³/mol. The van der Waals surface area contributed by atoms with Crippen LogP contribution in [0.3, 0.4) is 0 Å². The van der Waals surface area contributed by atoms with E-state index in [2.05, 4.69) is 25.8 Å². The van der Waals surface area contributed by atoms with Crippen LogP contribution in [0.5, 0.6) is 5.88 Å². The molecule has 0 aliphatic carbocycles. The van der Waals surface area contributed by atoms with E-state index in [1.54, 1.807) is 19.2 Å². The van der Waals surface area contributed by atoms with Gasteiger partial charge in [0.25, 0.3) is 0 Å². The van der Waals surface area contributed by atoms with Crippen molar-refractivity contribution in [1.29, 1.82) is 0 Å². The van der Waals surface area contributed by atoms with Crippen molar-refractivity contribution in [3.8, 4) is 5.88 Å². The number of rotatable bonds is 12. The molecule has 1 aromatic heterocycles. The molecular formula is C18H32N2O3Sn. The normalized spacial score (nSPS) is 11.5. The molecule has 0 aliphatic rings. The SMILES string of the molecule is CCC[CH2][Sn]([CH2]CCC)([CH2]CCC)[c]1nc(OC)ccc1[N+](=O)[O-]. The fourth-order valence-electron chi connectivity index (χ4n) is 3.36. The Morgan fingerprint density at radius 3 is 1.92 bits per heavy atom. The van der Waals surface area contributed by atoms with Crippen molar-refractivity contribution in [1.82, 2.24) is 4.98 Å². The van der Waals surface area contributed by atoms with E-state index < -0.39 is 18.4 Å². The molecule has 0 aliphatic heterocycles. The van der Waals surface area contributed by atoms with Crippen LogP contribution in [0.4, 0.5) is 5.69 Å². The maximum atomic E-state index is 11.6. The van der Waals surface area contributed by atoms with Crippen LogP contribution >= 0.6 is 0 Å². The van der Waals surface area contributed by atoms with Crippen LogP contribution in [0.15, 0.2) is 12.1 Å². The van der Waals surface area contributed by atoms with Crippen molar-refractivity contribution in [3.63, 3.8) is 0 Å². The Bertz CT molecular complexity index is 501. The zero-order valence-corrected chi connectivity index (χ0v) is 18.5. The van der Waals surface area contributed by atoms with Crippen LogP contribution in [0.2, 0.25) is 13.3 Å². The zero-order chi connectivity index (χ0) is 18.0. The van der Waals surface area contributed by atoms with Crippen molar-refractivity contribution in [2.75, 3.05) is 7.11 Å². The summed E-state index contributed by atoms with van der Waals surface area (Å²) in [7, 11) is 1.58. The van der Waals surface area contributed by atoms with E-state index in [4.69, 9.17) is 4.74 Å². The summed E-state index contributed by atoms with van der Waals surface area (Å²) < 4.78 is 9.61. The zero-order valence-electron chi connectivity index (χ0n) is 15.6. The van der Waals surface area contributed by atoms with Crippen LogP contribution in [0, 0.1) is 10.1 Å². The van der Waals surface area contributed by atoms with Gasteiger partial charge in [-0.2, -0.15) is 0 Å². The molecule has 136 valence electrons. The molecule has 0 bridgehead atoms. The summed E-state index contributed by atoms with van der Waals surface area (Å²) in [5.74, 6) is 0.515. The molecule has 24 heavy (non-hydrogen) atoms. The molecule has 5 nitrogen and oxygen atoms in total. The summed E-state index contributed by atoms with van der Waals surface area (Å²) in [5, 5.41) is 11.6. The van der Waals surface area contributed by atoms with Gasteiger partial charge in [-0.3, -0.25) is 0 Å². The molecule has 0 aromatic carbocycles. The van der Waals surface area contributed by atoms with E-state index in [0.29, 0.717) is 5.88 Å². The monoisotopic (exact) mass is 444 g/mol. The second-order valence-electron chi connectivity index (χ2n) is 6.57.